The van der Waals surface area contributed by atoms with Gasteiger partial charge >= 0.3 is 0 Å². The number of halogens is 4. The molecule has 0 fully saturated rings. The second-order valence-electron chi connectivity index (χ2n) is 3.61. The van der Waals surface area contributed by atoms with E-state index in [9.17, 15) is 8.78 Å². The van der Waals surface area contributed by atoms with Crippen molar-refractivity contribution in [3.63, 3.8) is 0 Å². The summed E-state index contributed by atoms with van der Waals surface area (Å²) in [6, 6.07) is 8.41. The fourth-order valence-electron chi connectivity index (χ4n) is 1.36. The quantitative estimate of drug-likeness (QED) is 0.784. The molecule has 2 aromatic rings. The molecule has 18 heavy (non-hydrogen) atoms. The van der Waals surface area contributed by atoms with Crippen molar-refractivity contribution in [2.24, 2.45) is 0 Å². The zero-order valence-electron chi connectivity index (χ0n) is 9.09. The van der Waals surface area contributed by atoms with Crippen LogP contribution in [0.1, 0.15) is 5.56 Å². The normalized spacial score (nSPS) is 10.4. The van der Waals surface area contributed by atoms with Crippen molar-refractivity contribution in [1.82, 2.24) is 0 Å². The Balaban J connectivity index is 2.06. The monoisotopic (exact) mass is 288 g/mol. The lowest BCUT2D eigenvalue weighted by Gasteiger charge is -2.07. The van der Waals surface area contributed by atoms with E-state index in [1.807, 2.05) is 0 Å². The van der Waals surface area contributed by atoms with Crippen LogP contribution in [0, 0.1) is 11.6 Å². The van der Waals surface area contributed by atoms with E-state index in [1.54, 1.807) is 12.1 Å². The van der Waals surface area contributed by atoms with Gasteiger partial charge in [0.15, 0.2) is 0 Å². The lowest BCUT2D eigenvalue weighted by atomic mass is 10.2. The fourth-order valence-corrected chi connectivity index (χ4v) is 1.68. The second-order valence-corrected chi connectivity index (χ2v) is 4.43. The minimum Gasteiger partial charge on any atom is -0.489 e. The van der Waals surface area contributed by atoms with E-state index in [2.05, 4.69) is 0 Å². The molecule has 0 bridgehead atoms. The molecule has 0 saturated heterocycles. The topological polar surface area (TPSA) is 9.23 Å². The molecule has 0 radical (unpaired) electrons. The molecule has 0 heterocycles. The van der Waals surface area contributed by atoms with Crippen LogP contribution in [0.3, 0.4) is 0 Å². The molecule has 5 heteroatoms. The zero-order valence-corrected chi connectivity index (χ0v) is 10.6. The molecule has 0 spiro atoms. The predicted octanol–water partition coefficient (Wildman–Crippen LogP) is 4.85. The van der Waals surface area contributed by atoms with Gasteiger partial charge in [-0.2, -0.15) is 0 Å². The highest BCUT2D eigenvalue weighted by molar-refractivity contribution is 6.31. The van der Waals surface area contributed by atoms with Gasteiger partial charge in [-0.15, -0.1) is 0 Å². The van der Waals surface area contributed by atoms with E-state index in [4.69, 9.17) is 27.9 Å². The Hall–Kier alpha value is -1.32. The average molecular weight is 289 g/mol. The third-order valence-corrected chi connectivity index (χ3v) is 2.88. The van der Waals surface area contributed by atoms with Crippen molar-refractivity contribution < 1.29 is 13.5 Å². The van der Waals surface area contributed by atoms with Gasteiger partial charge in [-0.1, -0.05) is 29.3 Å². The van der Waals surface area contributed by atoms with Crippen LogP contribution in [-0.4, -0.2) is 0 Å². The Labute approximate surface area is 113 Å². The average Bonchev–Trinajstić information content (AvgIpc) is 2.35. The van der Waals surface area contributed by atoms with E-state index >= 15 is 0 Å². The smallest absolute Gasteiger partial charge is 0.145 e. The van der Waals surface area contributed by atoms with Crippen LogP contribution >= 0.6 is 23.2 Å². The molecular weight excluding hydrogens is 281 g/mol. The molecule has 0 aromatic heterocycles. The molecule has 0 aliphatic heterocycles. The Morgan fingerprint density at radius 1 is 0.889 bits per heavy atom. The van der Waals surface area contributed by atoms with Crippen molar-refractivity contribution in [3.05, 3.63) is 63.6 Å². The number of benzene rings is 2. The maximum Gasteiger partial charge on any atom is 0.145 e. The van der Waals surface area contributed by atoms with Crippen LogP contribution in [-0.2, 0) is 6.61 Å². The zero-order chi connectivity index (χ0) is 13.1. The SMILES string of the molecule is Fc1cc(OCc2ccc(F)c(Cl)c2)ccc1Cl. The molecule has 0 aliphatic rings. The third kappa shape index (κ3) is 3.12. The van der Waals surface area contributed by atoms with E-state index < -0.39 is 11.6 Å². The molecule has 0 saturated carbocycles. The minimum absolute atomic E-state index is 0.0263. The van der Waals surface area contributed by atoms with Crippen LogP contribution in [0.2, 0.25) is 10.0 Å². The highest BCUT2D eigenvalue weighted by atomic mass is 35.5. The number of hydrogen-bond donors (Lipinski definition) is 0. The molecular formula is C13H8Cl2F2O. The van der Waals surface area contributed by atoms with Crippen molar-refractivity contribution in [3.8, 4) is 5.75 Å². The molecule has 0 aliphatic carbocycles. The molecule has 2 rings (SSSR count). The Bertz CT molecular complexity index is 521. The Kier molecular flexibility index (Phi) is 4.04. The van der Waals surface area contributed by atoms with Crippen molar-refractivity contribution in [2.75, 3.05) is 0 Å². The largest absolute Gasteiger partial charge is 0.489 e. The highest BCUT2D eigenvalue weighted by Crippen LogP contribution is 2.22. The summed E-state index contributed by atoms with van der Waals surface area (Å²) < 4.78 is 31.4. The summed E-state index contributed by atoms with van der Waals surface area (Å²) in [5.41, 5.74) is 0.691. The summed E-state index contributed by atoms with van der Waals surface area (Å²) in [5.74, 6) is -0.693. The molecule has 0 unspecified atom stereocenters. The first kappa shape index (κ1) is 13.1. The minimum atomic E-state index is -0.550. The summed E-state index contributed by atoms with van der Waals surface area (Å²) >= 11 is 11.2. The number of ether oxygens (including phenoxy) is 1. The molecule has 0 amide bonds. The van der Waals surface area contributed by atoms with Gasteiger partial charge in [0.2, 0.25) is 0 Å². The first-order chi connectivity index (χ1) is 8.56. The van der Waals surface area contributed by atoms with Gasteiger partial charge in [-0.25, -0.2) is 8.78 Å². The number of rotatable bonds is 3. The van der Waals surface area contributed by atoms with Crippen LogP contribution in [0.4, 0.5) is 8.78 Å². The van der Waals surface area contributed by atoms with Crippen molar-refractivity contribution in [1.29, 1.82) is 0 Å². The maximum absolute atomic E-state index is 13.1. The van der Waals surface area contributed by atoms with Gasteiger partial charge < -0.3 is 4.74 Å². The highest BCUT2D eigenvalue weighted by Gasteiger charge is 2.04. The lowest BCUT2D eigenvalue weighted by molar-refractivity contribution is 0.304. The van der Waals surface area contributed by atoms with E-state index in [1.165, 1.54) is 24.3 Å². The summed E-state index contributed by atoms with van der Waals surface area (Å²) in [6.45, 7) is 0.168. The predicted molar refractivity (Wildman–Crippen MR) is 67.2 cm³/mol. The fraction of sp³-hybridized carbons (Fsp3) is 0.0769. The molecule has 94 valence electrons. The molecule has 1 nitrogen and oxygen atoms in total. The van der Waals surface area contributed by atoms with Gasteiger partial charge in [0, 0.05) is 6.07 Å². The van der Waals surface area contributed by atoms with E-state index in [0.29, 0.717) is 11.3 Å². The van der Waals surface area contributed by atoms with Gasteiger partial charge in [0.1, 0.15) is 24.0 Å². The standard InChI is InChI=1S/C13H8Cl2F2O/c14-10-3-2-9(6-13(10)17)18-7-8-1-4-12(16)11(15)5-8/h1-6H,7H2. The lowest BCUT2D eigenvalue weighted by Crippen LogP contribution is -1.96. The second kappa shape index (κ2) is 5.55. The molecule has 2 aromatic carbocycles. The molecule has 0 atom stereocenters. The van der Waals surface area contributed by atoms with Crippen molar-refractivity contribution >= 4 is 23.2 Å². The van der Waals surface area contributed by atoms with Crippen LogP contribution in [0.25, 0.3) is 0 Å². The molecule has 0 N–H and O–H groups in total. The Morgan fingerprint density at radius 2 is 1.67 bits per heavy atom. The van der Waals surface area contributed by atoms with E-state index in [-0.39, 0.29) is 16.7 Å². The van der Waals surface area contributed by atoms with Gasteiger partial charge in [0.25, 0.3) is 0 Å². The summed E-state index contributed by atoms with van der Waals surface area (Å²) in [5, 5.41) is 0.0607. The first-order valence-corrected chi connectivity index (χ1v) is 5.83. The third-order valence-electron chi connectivity index (χ3n) is 2.28. The van der Waals surface area contributed by atoms with Crippen LogP contribution < -0.4 is 4.74 Å². The maximum atomic E-state index is 13.1. The van der Waals surface area contributed by atoms with Crippen molar-refractivity contribution in [2.45, 2.75) is 6.61 Å². The van der Waals surface area contributed by atoms with Crippen LogP contribution in [0.5, 0.6) is 5.75 Å². The first-order valence-electron chi connectivity index (χ1n) is 5.08. The summed E-state index contributed by atoms with van der Waals surface area (Å²) in [4.78, 5) is 0. The van der Waals surface area contributed by atoms with Gasteiger partial charge in [0.05, 0.1) is 10.0 Å². The van der Waals surface area contributed by atoms with Crippen LogP contribution in [0.15, 0.2) is 36.4 Å². The Morgan fingerprint density at radius 3 is 2.33 bits per heavy atom. The van der Waals surface area contributed by atoms with Gasteiger partial charge in [-0.05, 0) is 29.8 Å². The van der Waals surface area contributed by atoms with E-state index in [0.717, 1.165) is 0 Å². The van der Waals surface area contributed by atoms with Gasteiger partial charge in [-0.3, -0.25) is 0 Å². The summed E-state index contributed by atoms with van der Waals surface area (Å²) in [6.07, 6.45) is 0. The summed E-state index contributed by atoms with van der Waals surface area (Å²) in [7, 11) is 0. The number of hydrogen-bond acceptors (Lipinski definition) is 1.